The Labute approximate surface area is 155 Å². The van der Waals surface area contributed by atoms with Gasteiger partial charge in [0.1, 0.15) is 5.75 Å². The molecule has 3 aromatic rings. The monoisotopic (exact) mass is 355 g/mol. The highest BCUT2D eigenvalue weighted by Crippen LogP contribution is 2.40. The molecule has 1 aliphatic rings. The molecule has 0 aliphatic carbocycles. The molecule has 1 heterocycles. The maximum atomic E-state index is 11.5. The Kier molecular flexibility index (Phi) is 4.13. The van der Waals surface area contributed by atoms with Crippen molar-refractivity contribution in [1.82, 2.24) is 5.48 Å². The Bertz CT molecular complexity index is 1110. The van der Waals surface area contributed by atoms with Crippen LogP contribution in [-0.2, 0) is 0 Å². The Hall–Kier alpha value is -3.95. The number of carbonyl (C=O) groups excluding carboxylic acids is 1. The zero-order chi connectivity index (χ0) is 18.8. The van der Waals surface area contributed by atoms with E-state index in [0.29, 0.717) is 34.1 Å². The summed E-state index contributed by atoms with van der Waals surface area (Å²) < 4.78 is 6.02. The van der Waals surface area contributed by atoms with Crippen LogP contribution >= 0.6 is 0 Å². The second-order valence-electron chi connectivity index (χ2n) is 5.84. The van der Waals surface area contributed by atoms with Gasteiger partial charge in [-0.15, -0.1) is 0 Å². The normalized spacial score (nSPS) is 11.8. The first kappa shape index (κ1) is 16.5. The number of ether oxygens (including phenoxy) is 1. The molecule has 0 saturated heterocycles. The number of nitrogens with zero attached hydrogens (tertiary/aromatic N) is 2. The van der Waals surface area contributed by atoms with Crippen LogP contribution in [0.4, 0.5) is 11.4 Å². The van der Waals surface area contributed by atoms with Crippen molar-refractivity contribution in [2.45, 2.75) is 0 Å². The summed E-state index contributed by atoms with van der Waals surface area (Å²) >= 11 is 0. The minimum atomic E-state index is -0.583. The van der Waals surface area contributed by atoms with Gasteiger partial charge in [0.15, 0.2) is 11.4 Å². The summed E-state index contributed by atoms with van der Waals surface area (Å²) in [5, 5.41) is 8.77. The molecule has 0 atom stereocenters. The second-order valence-corrected chi connectivity index (χ2v) is 5.84. The molecule has 4 rings (SSSR count). The van der Waals surface area contributed by atoms with Crippen LogP contribution in [0.5, 0.6) is 11.5 Å². The number of hydrogen-bond acceptors (Lipinski definition) is 4. The van der Waals surface area contributed by atoms with Crippen LogP contribution in [0.3, 0.4) is 0 Å². The van der Waals surface area contributed by atoms with Crippen LogP contribution < -0.4 is 10.2 Å². The molecular weight excluding hydrogens is 342 g/mol. The molecule has 27 heavy (non-hydrogen) atoms. The number of carbonyl (C=O) groups is 1. The first-order chi connectivity index (χ1) is 13.2. The largest absolute Gasteiger partial charge is 0.454 e. The summed E-state index contributed by atoms with van der Waals surface area (Å²) in [6.07, 6.45) is 0. The quantitative estimate of drug-likeness (QED) is 0.313. The predicted molar refractivity (Wildman–Crippen MR) is 100 cm³/mol. The van der Waals surface area contributed by atoms with E-state index >= 15 is 0 Å². The van der Waals surface area contributed by atoms with E-state index in [1.165, 1.54) is 0 Å². The third-order valence-electron chi connectivity index (χ3n) is 4.19. The average Bonchev–Trinajstić information content (AvgIpc) is 2.89. The number of para-hydroxylation sites is 1. The summed E-state index contributed by atoms with van der Waals surface area (Å²) in [5.41, 5.74) is 5.23. The lowest BCUT2D eigenvalue weighted by Crippen LogP contribution is -2.18. The van der Waals surface area contributed by atoms with Gasteiger partial charge < -0.3 is 4.74 Å². The summed E-state index contributed by atoms with van der Waals surface area (Å²) in [7, 11) is 0. The van der Waals surface area contributed by atoms with E-state index in [2.05, 4.69) is 4.85 Å². The summed E-state index contributed by atoms with van der Waals surface area (Å²) in [5.74, 6) is 0.643. The van der Waals surface area contributed by atoms with E-state index in [0.717, 1.165) is 11.1 Å². The first-order valence-electron chi connectivity index (χ1n) is 8.12. The Morgan fingerprint density at radius 3 is 2.56 bits per heavy atom. The predicted octanol–water partition coefficient (Wildman–Crippen LogP) is 4.63. The van der Waals surface area contributed by atoms with Gasteiger partial charge in [0.05, 0.1) is 18.0 Å². The highest BCUT2D eigenvalue weighted by Gasteiger charge is 2.19. The molecule has 6 heteroatoms. The van der Waals surface area contributed by atoms with Gasteiger partial charge in [-0.25, -0.2) is 15.3 Å². The van der Waals surface area contributed by atoms with Crippen LogP contribution in [0, 0.1) is 6.57 Å². The van der Waals surface area contributed by atoms with Gasteiger partial charge in [-0.1, -0.05) is 30.3 Å². The summed E-state index contributed by atoms with van der Waals surface area (Å²) in [6.45, 7) is 7.22. The van der Waals surface area contributed by atoms with Gasteiger partial charge in [0.2, 0.25) is 0 Å². The van der Waals surface area contributed by atoms with Gasteiger partial charge in [-0.3, -0.25) is 10.0 Å². The van der Waals surface area contributed by atoms with E-state index in [-0.39, 0.29) is 0 Å². The summed E-state index contributed by atoms with van der Waals surface area (Å²) in [4.78, 5) is 19.8. The lowest BCUT2D eigenvalue weighted by Gasteiger charge is -2.10. The van der Waals surface area contributed by atoms with Crippen molar-refractivity contribution in [2.24, 2.45) is 4.99 Å². The fourth-order valence-corrected chi connectivity index (χ4v) is 2.86. The molecule has 0 fully saturated rings. The molecule has 0 unspecified atom stereocenters. The maximum Gasteiger partial charge on any atom is 0.274 e. The third-order valence-corrected chi connectivity index (χ3v) is 4.19. The lowest BCUT2D eigenvalue weighted by molar-refractivity contribution is 0.0706. The first-order valence-corrected chi connectivity index (χ1v) is 8.12. The number of hydroxylamine groups is 1. The summed E-state index contributed by atoms with van der Waals surface area (Å²) in [6, 6.07) is 19.4. The number of hydrogen-bond donors (Lipinski definition) is 2. The molecule has 0 saturated carbocycles. The van der Waals surface area contributed by atoms with Crippen molar-refractivity contribution in [1.29, 1.82) is 0 Å². The highest BCUT2D eigenvalue weighted by molar-refractivity contribution is 6.16. The zero-order valence-corrected chi connectivity index (χ0v) is 14.0. The number of fused-ring (bicyclic) bond motifs is 2. The van der Waals surface area contributed by atoms with Crippen molar-refractivity contribution in [3.63, 3.8) is 0 Å². The topological polar surface area (TPSA) is 75.3 Å². The van der Waals surface area contributed by atoms with E-state index in [1.54, 1.807) is 47.9 Å². The van der Waals surface area contributed by atoms with Gasteiger partial charge in [-0.2, -0.15) is 0 Å². The molecule has 130 valence electrons. The molecule has 2 N–H and O–H groups in total. The fraction of sp³-hybridized carbons (Fsp3) is 0. The Morgan fingerprint density at radius 1 is 1.04 bits per heavy atom. The Balaban J connectivity index is 1.89. The van der Waals surface area contributed by atoms with Crippen LogP contribution in [0.15, 0.2) is 71.7 Å². The van der Waals surface area contributed by atoms with Gasteiger partial charge in [0.25, 0.3) is 5.91 Å². The van der Waals surface area contributed by atoms with E-state index < -0.39 is 5.91 Å². The van der Waals surface area contributed by atoms with Crippen LogP contribution in [0.2, 0.25) is 0 Å². The van der Waals surface area contributed by atoms with Crippen molar-refractivity contribution in [3.8, 4) is 11.5 Å². The molecule has 0 bridgehead atoms. The van der Waals surface area contributed by atoms with E-state index in [9.17, 15) is 4.79 Å². The molecule has 0 spiro atoms. The van der Waals surface area contributed by atoms with Crippen LogP contribution in [0.1, 0.15) is 21.5 Å². The number of benzene rings is 3. The highest BCUT2D eigenvalue weighted by atomic mass is 16.5. The molecule has 1 aliphatic heterocycles. The minimum absolute atomic E-state index is 0.329. The van der Waals surface area contributed by atoms with Crippen LogP contribution in [-0.4, -0.2) is 16.8 Å². The van der Waals surface area contributed by atoms with Gasteiger partial charge in [0, 0.05) is 16.7 Å². The lowest BCUT2D eigenvalue weighted by atomic mass is 10.00. The number of aliphatic imine (C=N–C) groups is 1. The smallest absolute Gasteiger partial charge is 0.274 e. The van der Waals surface area contributed by atoms with Crippen molar-refractivity contribution < 1.29 is 14.7 Å². The Morgan fingerprint density at radius 2 is 1.81 bits per heavy atom. The molecule has 0 aromatic heterocycles. The van der Waals surface area contributed by atoms with Gasteiger partial charge in [-0.05, 0) is 36.4 Å². The third kappa shape index (κ3) is 3.03. The van der Waals surface area contributed by atoms with Gasteiger partial charge >= 0.3 is 0 Å². The number of rotatable bonds is 2. The van der Waals surface area contributed by atoms with E-state index in [4.69, 9.17) is 21.5 Å². The minimum Gasteiger partial charge on any atom is -0.454 e. The zero-order valence-electron chi connectivity index (χ0n) is 14.0. The van der Waals surface area contributed by atoms with E-state index in [1.807, 2.05) is 24.3 Å². The molecule has 3 aromatic carbocycles. The average molecular weight is 355 g/mol. The standard InChI is InChI=1S/C21H13N3O3/c1-22-15-10-11-19-17(12-15)23-20(16-4-2-3-5-18(16)27-19)13-6-8-14(9-7-13)21(25)24-26/h2-12,26H,(H,24,25). The van der Waals surface area contributed by atoms with Crippen molar-refractivity contribution >= 4 is 23.0 Å². The molecule has 0 radical (unpaired) electrons. The van der Waals surface area contributed by atoms with Crippen molar-refractivity contribution in [2.75, 3.05) is 0 Å². The molecule has 1 amide bonds. The number of amides is 1. The maximum absolute atomic E-state index is 11.5. The number of nitrogens with one attached hydrogen (secondary N) is 1. The molecule has 6 nitrogen and oxygen atoms in total. The second kappa shape index (κ2) is 6.75. The van der Waals surface area contributed by atoms with Crippen molar-refractivity contribution in [3.05, 3.63) is 94.8 Å². The molecular formula is C21H13N3O3. The fourth-order valence-electron chi connectivity index (χ4n) is 2.86. The van der Waals surface area contributed by atoms with Crippen LogP contribution in [0.25, 0.3) is 4.85 Å². The SMILES string of the molecule is [C-]#[N+]c1ccc2c(c1)N=C(c1ccc(C(=O)NO)cc1)c1ccccc1O2.